The number of halogens is 1. The lowest BCUT2D eigenvalue weighted by atomic mass is 9.96. The van der Waals surface area contributed by atoms with Crippen LogP contribution < -0.4 is 4.74 Å². The molecular formula is C16H23BrO2. The van der Waals surface area contributed by atoms with Crippen LogP contribution in [0.15, 0.2) is 22.7 Å². The first-order chi connectivity index (χ1) is 9.20. The summed E-state index contributed by atoms with van der Waals surface area (Å²) in [5.41, 5.74) is 0.911. The van der Waals surface area contributed by atoms with E-state index in [9.17, 15) is 5.11 Å². The van der Waals surface area contributed by atoms with Gasteiger partial charge in [0.05, 0.1) is 12.7 Å². The Labute approximate surface area is 124 Å². The number of hydrogen-bond donors (Lipinski definition) is 1. The van der Waals surface area contributed by atoms with Gasteiger partial charge in [-0.15, -0.1) is 0 Å². The van der Waals surface area contributed by atoms with Crippen molar-refractivity contribution < 1.29 is 9.84 Å². The molecular weight excluding hydrogens is 304 g/mol. The first kappa shape index (κ1) is 14.9. The van der Waals surface area contributed by atoms with E-state index in [1.54, 1.807) is 0 Å². The lowest BCUT2D eigenvalue weighted by Crippen LogP contribution is -2.05. The van der Waals surface area contributed by atoms with Gasteiger partial charge in [0.25, 0.3) is 0 Å². The van der Waals surface area contributed by atoms with Gasteiger partial charge < -0.3 is 9.84 Å². The minimum absolute atomic E-state index is 0.417. The van der Waals surface area contributed by atoms with Crippen molar-refractivity contribution in [3.8, 4) is 5.75 Å². The molecule has 1 aromatic rings. The SMILES string of the molecule is CCOc1ccc(Br)cc1C(O)CCC1CCCC1. The Kier molecular flexibility index (Phi) is 5.71. The monoisotopic (exact) mass is 326 g/mol. The van der Waals surface area contributed by atoms with Crippen LogP contribution in [-0.4, -0.2) is 11.7 Å². The summed E-state index contributed by atoms with van der Waals surface area (Å²) in [7, 11) is 0. The smallest absolute Gasteiger partial charge is 0.125 e. The van der Waals surface area contributed by atoms with E-state index in [1.165, 1.54) is 25.7 Å². The van der Waals surface area contributed by atoms with E-state index in [0.717, 1.165) is 34.5 Å². The third-order valence-electron chi connectivity index (χ3n) is 3.95. The fourth-order valence-electron chi connectivity index (χ4n) is 2.91. The molecule has 1 saturated carbocycles. The average molecular weight is 327 g/mol. The predicted octanol–water partition coefficient (Wildman–Crippen LogP) is 4.85. The number of benzene rings is 1. The fourth-order valence-corrected chi connectivity index (χ4v) is 3.29. The first-order valence-electron chi connectivity index (χ1n) is 7.31. The van der Waals surface area contributed by atoms with Crippen LogP contribution in [0, 0.1) is 5.92 Å². The maximum absolute atomic E-state index is 10.4. The summed E-state index contributed by atoms with van der Waals surface area (Å²) in [6.45, 7) is 2.60. The quantitative estimate of drug-likeness (QED) is 0.809. The van der Waals surface area contributed by atoms with Crippen molar-refractivity contribution in [3.63, 3.8) is 0 Å². The van der Waals surface area contributed by atoms with Crippen molar-refractivity contribution in [2.45, 2.75) is 51.6 Å². The lowest BCUT2D eigenvalue weighted by molar-refractivity contribution is 0.152. The molecule has 0 aliphatic heterocycles. The van der Waals surface area contributed by atoms with Crippen LogP contribution in [0.1, 0.15) is 57.1 Å². The zero-order valence-corrected chi connectivity index (χ0v) is 13.2. The second kappa shape index (κ2) is 7.30. The van der Waals surface area contributed by atoms with Gasteiger partial charge >= 0.3 is 0 Å². The van der Waals surface area contributed by atoms with Gasteiger partial charge in [0.2, 0.25) is 0 Å². The molecule has 0 heterocycles. The van der Waals surface area contributed by atoms with Crippen LogP contribution in [0.3, 0.4) is 0 Å². The number of hydrogen-bond acceptors (Lipinski definition) is 2. The summed E-state index contributed by atoms with van der Waals surface area (Å²) in [5.74, 6) is 1.63. The number of rotatable bonds is 6. The Balaban J connectivity index is 1.99. The van der Waals surface area contributed by atoms with Crippen molar-refractivity contribution in [1.29, 1.82) is 0 Å². The molecule has 19 heavy (non-hydrogen) atoms. The zero-order valence-electron chi connectivity index (χ0n) is 11.6. The van der Waals surface area contributed by atoms with Gasteiger partial charge in [0.15, 0.2) is 0 Å². The molecule has 106 valence electrons. The third kappa shape index (κ3) is 4.22. The number of aliphatic hydroxyl groups is 1. The second-order valence-electron chi connectivity index (χ2n) is 5.36. The van der Waals surface area contributed by atoms with E-state index in [-0.39, 0.29) is 0 Å². The molecule has 1 fully saturated rings. The van der Waals surface area contributed by atoms with Crippen LogP contribution in [0.25, 0.3) is 0 Å². The van der Waals surface area contributed by atoms with E-state index >= 15 is 0 Å². The highest BCUT2D eigenvalue weighted by Gasteiger charge is 2.19. The van der Waals surface area contributed by atoms with Crippen molar-refractivity contribution in [2.24, 2.45) is 5.92 Å². The Morgan fingerprint density at radius 2 is 2.11 bits per heavy atom. The molecule has 1 N–H and O–H groups in total. The van der Waals surface area contributed by atoms with Crippen molar-refractivity contribution in [2.75, 3.05) is 6.61 Å². The highest BCUT2D eigenvalue weighted by Crippen LogP contribution is 2.35. The number of ether oxygens (including phenoxy) is 1. The van der Waals surface area contributed by atoms with E-state index in [1.807, 2.05) is 25.1 Å². The summed E-state index contributed by atoms with van der Waals surface area (Å²) in [6.07, 6.45) is 6.94. The van der Waals surface area contributed by atoms with Gasteiger partial charge in [0, 0.05) is 10.0 Å². The van der Waals surface area contributed by atoms with E-state index < -0.39 is 6.10 Å². The largest absolute Gasteiger partial charge is 0.493 e. The topological polar surface area (TPSA) is 29.5 Å². The van der Waals surface area contributed by atoms with Crippen LogP contribution in [-0.2, 0) is 0 Å². The second-order valence-corrected chi connectivity index (χ2v) is 6.27. The van der Waals surface area contributed by atoms with Gasteiger partial charge in [-0.1, -0.05) is 41.6 Å². The summed E-state index contributed by atoms with van der Waals surface area (Å²) < 4.78 is 6.60. The Morgan fingerprint density at radius 1 is 1.37 bits per heavy atom. The normalized spacial score (nSPS) is 17.6. The standard InChI is InChI=1S/C16H23BrO2/c1-2-19-16-10-8-13(17)11-14(16)15(18)9-7-12-5-3-4-6-12/h8,10-12,15,18H,2-7,9H2,1H3. The Hall–Kier alpha value is -0.540. The molecule has 3 heteroatoms. The highest BCUT2D eigenvalue weighted by molar-refractivity contribution is 9.10. The fraction of sp³-hybridized carbons (Fsp3) is 0.625. The third-order valence-corrected chi connectivity index (χ3v) is 4.45. The summed E-state index contributed by atoms with van der Waals surface area (Å²) >= 11 is 3.47. The predicted molar refractivity (Wildman–Crippen MR) is 81.5 cm³/mol. The molecule has 2 nitrogen and oxygen atoms in total. The molecule has 0 bridgehead atoms. The van der Waals surface area contributed by atoms with Gasteiger partial charge in [-0.2, -0.15) is 0 Å². The van der Waals surface area contributed by atoms with Gasteiger partial charge in [-0.3, -0.25) is 0 Å². The van der Waals surface area contributed by atoms with Crippen LogP contribution in [0.2, 0.25) is 0 Å². The lowest BCUT2D eigenvalue weighted by Gasteiger charge is -2.18. The molecule has 1 aliphatic carbocycles. The zero-order chi connectivity index (χ0) is 13.7. The molecule has 1 unspecified atom stereocenters. The molecule has 0 aromatic heterocycles. The number of aliphatic hydroxyl groups excluding tert-OH is 1. The molecule has 1 aromatic carbocycles. The first-order valence-corrected chi connectivity index (χ1v) is 8.10. The summed E-state index contributed by atoms with van der Waals surface area (Å²) in [5, 5.41) is 10.4. The molecule has 1 atom stereocenters. The van der Waals surface area contributed by atoms with E-state index in [2.05, 4.69) is 15.9 Å². The Morgan fingerprint density at radius 3 is 2.79 bits per heavy atom. The molecule has 0 spiro atoms. The summed E-state index contributed by atoms with van der Waals surface area (Å²) in [6, 6.07) is 5.87. The van der Waals surface area contributed by atoms with Gasteiger partial charge in [-0.25, -0.2) is 0 Å². The molecule has 2 rings (SSSR count). The van der Waals surface area contributed by atoms with Crippen molar-refractivity contribution >= 4 is 15.9 Å². The van der Waals surface area contributed by atoms with Crippen LogP contribution in [0.4, 0.5) is 0 Å². The van der Waals surface area contributed by atoms with E-state index in [0.29, 0.717) is 6.61 Å². The van der Waals surface area contributed by atoms with Gasteiger partial charge in [-0.05, 0) is 43.9 Å². The van der Waals surface area contributed by atoms with Gasteiger partial charge in [0.1, 0.15) is 5.75 Å². The van der Waals surface area contributed by atoms with Crippen LogP contribution >= 0.6 is 15.9 Å². The molecule has 0 saturated heterocycles. The summed E-state index contributed by atoms with van der Waals surface area (Å²) in [4.78, 5) is 0. The molecule has 0 amide bonds. The molecule has 0 radical (unpaired) electrons. The molecule has 1 aliphatic rings. The van der Waals surface area contributed by atoms with Crippen molar-refractivity contribution in [3.05, 3.63) is 28.2 Å². The maximum Gasteiger partial charge on any atom is 0.125 e. The van der Waals surface area contributed by atoms with E-state index in [4.69, 9.17) is 4.74 Å². The van der Waals surface area contributed by atoms with Crippen LogP contribution in [0.5, 0.6) is 5.75 Å². The minimum Gasteiger partial charge on any atom is -0.493 e. The highest BCUT2D eigenvalue weighted by atomic mass is 79.9. The van der Waals surface area contributed by atoms with Crippen molar-refractivity contribution in [1.82, 2.24) is 0 Å². The average Bonchev–Trinajstić information content (AvgIpc) is 2.91. The Bertz CT molecular complexity index is 400. The minimum atomic E-state index is -0.417. The maximum atomic E-state index is 10.4.